The fourth-order valence-corrected chi connectivity index (χ4v) is 1.42. The maximum atomic E-state index is 13.4. The SMILES string of the molecule is COC(=O)/C(=C/c1cc(F)c(Cl)cc1OC)N=[N+]=[N-]. The molecule has 0 aliphatic rings. The van der Waals surface area contributed by atoms with Crippen LogP contribution in [-0.2, 0) is 9.53 Å². The average molecular weight is 286 g/mol. The number of rotatable bonds is 4. The lowest BCUT2D eigenvalue weighted by Crippen LogP contribution is -2.02. The van der Waals surface area contributed by atoms with Gasteiger partial charge in [-0.15, -0.1) is 0 Å². The molecule has 0 N–H and O–H groups in total. The average Bonchev–Trinajstić information content (AvgIpc) is 2.41. The first-order valence-electron chi connectivity index (χ1n) is 4.91. The lowest BCUT2D eigenvalue weighted by Gasteiger charge is -2.07. The Morgan fingerprint density at radius 3 is 2.74 bits per heavy atom. The van der Waals surface area contributed by atoms with Crippen molar-refractivity contribution in [3.63, 3.8) is 0 Å². The molecule has 1 rings (SSSR count). The van der Waals surface area contributed by atoms with E-state index in [4.69, 9.17) is 21.9 Å². The van der Waals surface area contributed by atoms with Crippen molar-refractivity contribution in [2.45, 2.75) is 0 Å². The number of nitrogens with zero attached hydrogens (tertiary/aromatic N) is 3. The highest BCUT2D eigenvalue weighted by Crippen LogP contribution is 2.28. The summed E-state index contributed by atoms with van der Waals surface area (Å²) in [5.41, 5.74) is 8.23. The molecule has 0 heterocycles. The standard InChI is InChI=1S/C11H9ClFN3O3/c1-18-10-5-7(12)8(13)3-6(10)4-9(15-16-14)11(17)19-2/h3-5H,1-2H3/b9-4-. The van der Waals surface area contributed by atoms with Crippen LogP contribution in [0.15, 0.2) is 22.9 Å². The van der Waals surface area contributed by atoms with Gasteiger partial charge in [-0.25, -0.2) is 9.18 Å². The second kappa shape index (κ2) is 6.63. The van der Waals surface area contributed by atoms with Crippen LogP contribution in [0.1, 0.15) is 5.56 Å². The van der Waals surface area contributed by atoms with Gasteiger partial charge < -0.3 is 9.47 Å². The lowest BCUT2D eigenvalue weighted by atomic mass is 10.1. The highest BCUT2D eigenvalue weighted by atomic mass is 35.5. The van der Waals surface area contributed by atoms with E-state index in [2.05, 4.69) is 14.8 Å². The summed E-state index contributed by atoms with van der Waals surface area (Å²) in [4.78, 5) is 13.8. The zero-order valence-electron chi connectivity index (χ0n) is 10.1. The number of carbonyl (C=O) groups excluding carboxylic acids is 1. The minimum atomic E-state index is -0.852. The van der Waals surface area contributed by atoms with Crippen LogP contribution in [0.5, 0.6) is 5.75 Å². The second-order valence-electron chi connectivity index (χ2n) is 3.22. The Morgan fingerprint density at radius 2 is 2.21 bits per heavy atom. The summed E-state index contributed by atoms with van der Waals surface area (Å²) in [5.74, 6) is -1.32. The Hall–Kier alpha value is -2.24. The summed E-state index contributed by atoms with van der Waals surface area (Å²) in [6, 6.07) is 2.30. The van der Waals surface area contributed by atoms with Crippen LogP contribution < -0.4 is 4.74 Å². The van der Waals surface area contributed by atoms with Crippen LogP contribution in [0.4, 0.5) is 4.39 Å². The van der Waals surface area contributed by atoms with E-state index in [1.165, 1.54) is 13.2 Å². The molecule has 0 aromatic heterocycles. The third kappa shape index (κ3) is 3.61. The molecule has 0 saturated heterocycles. The molecule has 0 amide bonds. The largest absolute Gasteiger partial charge is 0.496 e. The number of benzene rings is 1. The molecular formula is C11H9ClFN3O3. The Kier molecular flexibility index (Phi) is 5.17. The smallest absolute Gasteiger partial charge is 0.340 e. The molecule has 0 radical (unpaired) electrons. The molecule has 100 valence electrons. The van der Waals surface area contributed by atoms with E-state index in [1.807, 2.05) is 0 Å². The van der Waals surface area contributed by atoms with Crippen molar-refractivity contribution in [1.82, 2.24) is 0 Å². The maximum Gasteiger partial charge on any atom is 0.340 e. The summed E-state index contributed by atoms with van der Waals surface area (Å²) in [6.07, 6.45) is 1.14. The molecule has 0 saturated carbocycles. The van der Waals surface area contributed by atoms with E-state index in [0.29, 0.717) is 0 Å². The van der Waals surface area contributed by atoms with E-state index in [1.54, 1.807) is 0 Å². The van der Waals surface area contributed by atoms with Gasteiger partial charge in [-0.3, -0.25) is 0 Å². The number of methoxy groups -OCH3 is 2. The summed E-state index contributed by atoms with van der Waals surface area (Å²) < 4.78 is 22.8. The second-order valence-corrected chi connectivity index (χ2v) is 3.63. The molecule has 0 aliphatic heterocycles. The van der Waals surface area contributed by atoms with Crippen LogP contribution in [0, 0.1) is 5.82 Å². The van der Waals surface area contributed by atoms with Gasteiger partial charge in [0.15, 0.2) is 0 Å². The number of halogens is 2. The molecule has 0 aliphatic carbocycles. The predicted molar refractivity (Wildman–Crippen MR) is 67.1 cm³/mol. The minimum absolute atomic E-state index is 0.127. The number of ether oxygens (including phenoxy) is 2. The molecule has 0 bridgehead atoms. The summed E-state index contributed by atoms with van der Waals surface area (Å²) in [5, 5.41) is 3.05. The Labute approximate surface area is 113 Å². The third-order valence-corrected chi connectivity index (χ3v) is 2.40. The Balaban J connectivity index is 3.38. The number of carbonyl (C=O) groups is 1. The van der Waals surface area contributed by atoms with Gasteiger partial charge in [0.05, 0.1) is 19.2 Å². The van der Waals surface area contributed by atoms with Crippen molar-refractivity contribution >= 4 is 23.6 Å². The van der Waals surface area contributed by atoms with Gasteiger partial charge in [-0.05, 0) is 17.7 Å². The molecule has 0 unspecified atom stereocenters. The summed E-state index contributed by atoms with van der Waals surface area (Å²) >= 11 is 5.60. The van der Waals surface area contributed by atoms with Crippen molar-refractivity contribution in [3.8, 4) is 5.75 Å². The number of hydrogen-bond donors (Lipinski definition) is 0. The van der Waals surface area contributed by atoms with Crippen molar-refractivity contribution < 1.29 is 18.7 Å². The minimum Gasteiger partial charge on any atom is -0.496 e. The molecular weight excluding hydrogens is 277 g/mol. The van der Waals surface area contributed by atoms with Crippen LogP contribution in [0.2, 0.25) is 5.02 Å². The number of hydrogen-bond acceptors (Lipinski definition) is 4. The van der Waals surface area contributed by atoms with E-state index in [9.17, 15) is 9.18 Å². The van der Waals surface area contributed by atoms with E-state index >= 15 is 0 Å². The molecule has 0 atom stereocenters. The molecule has 1 aromatic carbocycles. The lowest BCUT2D eigenvalue weighted by molar-refractivity contribution is -0.136. The van der Waals surface area contributed by atoms with E-state index < -0.39 is 11.8 Å². The number of esters is 1. The van der Waals surface area contributed by atoms with Crippen LogP contribution in [-0.4, -0.2) is 20.2 Å². The first-order chi connectivity index (χ1) is 9.03. The van der Waals surface area contributed by atoms with Gasteiger partial charge in [0.2, 0.25) is 0 Å². The quantitative estimate of drug-likeness (QED) is 0.280. The fraction of sp³-hybridized carbons (Fsp3) is 0.182. The molecule has 1 aromatic rings. The first kappa shape index (κ1) is 14.8. The van der Waals surface area contributed by atoms with Crippen molar-refractivity contribution in [1.29, 1.82) is 0 Å². The monoisotopic (exact) mass is 285 g/mol. The van der Waals surface area contributed by atoms with Gasteiger partial charge >= 0.3 is 5.97 Å². The Bertz CT molecular complexity index is 583. The van der Waals surface area contributed by atoms with Crippen LogP contribution >= 0.6 is 11.6 Å². The van der Waals surface area contributed by atoms with Crippen LogP contribution in [0.25, 0.3) is 16.5 Å². The van der Waals surface area contributed by atoms with E-state index in [-0.39, 0.29) is 22.0 Å². The Morgan fingerprint density at radius 1 is 1.53 bits per heavy atom. The predicted octanol–water partition coefficient (Wildman–Crippen LogP) is 3.31. The molecule has 0 spiro atoms. The highest BCUT2D eigenvalue weighted by molar-refractivity contribution is 6.30. The van der Waals surface area contributed by atoms with Crippen molar-refractivity contribution in [2.75, 3.05) is 14.2 Å². The highest BCUT2D eigenvalue weighted by Gasteiger charge is 2.12. The molecule has 0 fully saturated rings. The van der Waals surface area contributed by atoms with Crippen LogP contribution in [0.3, 0.4) is 0 Å². The number of azide groups is 1. The third-order valence-electron chi connectivity index (χ3n) is 2.11. The zero-order chi connectivity index (χ0) is 14.4. The molecule has 8 heteroatoms. The maximum absolute atomic E-state index is 13.4. The molecule has 6 nitrogen and oxygen atoms in total. The van der Waals surface area contributed by atoms with Crippen molar-refractivity contribution in [3.05, 3.63) is 44.7 Å². The molecule has 19 heavy (non-hydrogen) atoms. The fourth-order valence-electron chi connectivity index (χ4n) is 1.26. The van der Waals surface area contributed by atoms with Gasteiger partial charge in [0.25, 0.3) is 0 Å². The van der Waals surface area contributed by atoms with Gasteiger partial charge in [0.1, 0.15) is 17.3 Å². The van der Waals surface area contributed by atoms with Gasteiger partial charge in [-0.2, -0.15) is 0 Å². The normalized spacial score (nSPS) is 10.6. The first-order valence-corrected chi connectivity index (χ1v) is 5.29. The van der Waals surface area contributed by atoms with Gasteiger partial charge in [0, 0.05) is 16.5 Å². The summed E-state index contributed by atoms with van der Waals surface area (Å²) in [6.45, 7) is 0. The topological polar surface area (TPSA) is 84.3 Å². The zero-order valence-corrected chi connectivity index (χ0v) is 10.8. The van der Waals surface area contributed by atoms with E-state index in [0.717, 1.165) is 19.3 Å². The van der Waals surface area contributed by atoms with Crippen molar-refractivity contribution in [2.24, 2.45) is 5.11 Å². The summed E-state index contributed by atoms with van der Waals surface area (Å²) in [7, 11) is 2.48. The van der Waals surface area contributed by atoms with Gasteiger partial charge in [-0.1, -0.05) is 16.7 Å².